The second kappa shape index (κ2) is 11.0. The molecule has 4 rings (SSSR count). The maximum Gasteiger partial charge on any atom is 0.252 e. The molecule has 1 saturated heterocycles. The van der Waals surface area contributed by atoms with E-state index in [4.69, 9.17) is 14.2 Å². The number of carbonyl (C=O) groups excluding carboxylic acids is 2. The fourth-order valence-electron chi connectivity index (χ4n) is 4.29. The number of piperidine rings is 1. The number of hydrogen-bond donors (Lipinski definition) is 2. The Morgan fingerprint density at radius 3 is 2.50 bits per heavy atom. The number of nitrogens with zero attached hydrogens (tertiary/aromatic N) is 1. The summed E-state index contributed by atoms with van der Waals surface area (Å²) in [5.74, 6) is 0.555. The Labute approximate surface area is 210 Å². The number of carbonyl (C=O) groups is 2. The fraction of sp³-hybridized carbons (Fsp3) is 0.360. The largest absolute Gasteiger partial charge is 0.497 e. The molecule has 1 atom stereocenters. The van der Waals surface area contributed by atoms with E-state index >= 15 is 0 Å². The lowest BCUT2D eigenvalue weighted by Crippen LogP contribution is -2.53. The molecule has 2 heterocycles. The van der Waals surface area contributed by atoms with E-state index in [1.54, 1.807) is 36.4 Å². The summed E-state index contributed by atoms with van der Waals surface area (Å²) in [6.07, 6.45) is 2.37. The van der Waals surface area contributed by atoms with Gasteiger partial charge in [0.25, 0.3) is 5.91 Å². The van der Waals surface area contributed by atoms with Crippen molar-refractivity contribution in [2.45, 2.75) is 23.8 Å². The van der Waals surface area contributed by atoms with Crippen LogP contribution in [0.5, 0.6) is 17.2 Å². The Morgan fingerprint density at radius 2 is 1.83 bits per heavy atom. The van der Waals surface area contributed by atoms with Gasteiger partial charge in [-0.25, -0.2) is 8.42 Å². The van der Waals surface area contributed by atoms with Gasteiger partial charge in [-0.05, 0) is 61.2 Å². The van der Waals surface area contributed by atoms with Crippen LogP contribution >= 0.6 is 0 Å². The number of hydrogen-bond acceptors (Lipinski definition) is 7. The van der Waals surface area contributed by atoms with Crippen molar-refractivity contribution in [3.63, 3.8) is 0 Å². The number of ether oxygens (including phenoxy) is 3. The second-order valence-electron chi connectivity index (χ2n) is 8.47. The third-order valence-electron chi connectivity index (χ3n) is 6.29. The van der Waals surface area contributed by atoms with Gasteiger partial charge in [-0.15, -0.1) is 6.58 Å². The highest BCUT2D eigenvalue weighted by Gasteiger charge is 2.36. The Bertz CT molecular complexity index is 1220. The molecular weight excluding hydrogens is 486 g/mol. The summed E-state index contributed by atoms with van der Waals surface area (Å²) in [7, 11) is -2.18. The van der Waals surface area contributed by atoms with E-state index in [0.29, 0.717) is 35.7 Å². The van der Waals surface area contributed by atoms with Crippen LogP contribution in [-0.2, 0) is 14.8 Å². The van der Waals surface area contributed by atoms with Gasteiger partial charge in [-0.2, -0.15) is 4.31 Å². The molecule has 0 radical (unpaired) electrons. The molecule has 2 aliphatic heterocycles. The SMILES string of the molecule is C=CCNC(=O)C(NC(=O)c1ccc2c(c1)OCO2)C1CCN(S(=O)(=O)c2ccc(OC)cc2)CC1. The molecule has 1 unspecified atom stereocenters. The number of benzene rings is 2. The highest BCUT2D eigenvalue weighted by atomic mass is 32.2. The molecule has 11 heteroatoms. The molecule has 0 bridgehead atoms. The number of fused-ring (bicyclic) bond motifs is 1. The zero-order chi connectivity index (χ0) is 25.7. The highest BCUT2D eigenvalue weighted by molar-refractivity contribution is 7.89. The van der Waals surface area contributed by atoms with E-state index in [9.17, 15) is 18.0 Å². The molecule has 2 aliphatic rings. The monoisotopic (exact) mass is 515 g/mol. The molecular formula is C25H29N3O7S. The third kappa shape index (κ3) is 5.47. The Hall–Kier alpha value is -3.57. The van der Waals surface area contributed by atoms with Gasteiger partial charge in [-0.1, -0.05) is 6.08 Å². The van der Waals surface area contributed by atoms with Crippen LogP contribution in [-0.4, -0.2) is 64.1 Å². The van der Waals surface area contributed by atoms with E-state index in [1.165, 1.54) is 23.5 Å². The highest BCUT2D eigenvalue weighted by Crippen LogP contribution is 2.33. The predicted octanol–water partition coefficient (Wildman–Crippen LogP) is 1.93. The van der Waals surface area contributed by atoms with Crippen LogP contribution < -0.4 is 24.8 Å². The molecule has 0 spiro atoms. The van der Waals surface area contributed by atoms with Gasteiger partial charge in [0.2, 0.25) is 22.7 Å². The van der Waals surface area contributed by atoms with Crippen LogP contribution in [0.25, 0.3) is 0 Å². The van der Waals surface area contributed by atoms with Crippen molar-refractivity contribution in [1.82, 2.24) is 14.9 Å². The molecule has 0 aromatic heterocycles. The van der Waals surface area contributed by atoms with Gasteiger partial charge < -0.3 is 24.8 Å². The minimum absolute atomic E-state index is 0.0883. The number of methoxy groups -OCH3 is 1. The van der Waals surface area contributed by atoms with Gasteiger partial charge in [0, 0.05) is 25.2 Å². The number of rotatable bonds is 9. The van der Waals surface area contributed by atoms with Crippen LogP contribution in [0, 0.1) is 5.92 Å². The van der Waals surface area contributed by atoms with E-state index in [0.717, 1.165) is 0 Å². The van der Waals surface area contributed by atoms with E-state index in [1.807, 2.05) is 0 Å². The molecule has 0 aliphatic carbocycles. The van der Waals surface area contributed by atoms with Gasteiger partial charge >= 0.3 is 0 Å². The first-order valence-electron chi connectivity index (χ1n) is 11.6. The second-order valence-corrected chi connectivity index (χ2v) is 10.4. The van der Waals surface area contributed by atoms with Crippen molar-refractivity contribution >= 4 is 21.8 Å². The van der Waals surface area contributed by atoms with Crippen LogP contribution in [0.3, 0.4) is 0 Å². The third-order valence-corrected chi connectivity index (χ3v) is 8.20. The summed E-state index contributed by atoms with van der Waals surface area (Å²) in [6.45, 7) is 4.40. The molecule has 192 valence electrons. The molecule has 2 aromatic rings. The predicted molar refractivity (Wildman–Crippen MR) is 132 cm³/mol. The smallest absolute Gasteiger partial charge is 0.252 e. The number of nitrogens with one attached hydrogen (secondary N) is 2. The van der Waals surface area contributed by atoms with Crippen molar-refractivity contribution < 1.29 is 32.2 Å². The summed E-state index contributed by atoms with van der Waals surface area (Å²) in [5.41, 5.74) is 0.334. The summed E-state index contributed by atoms with van der Waals surface area (Å²) in [4.78, 5) is 26.1. The van der Waals surface area contributed by atoms with Crippen molar-refractivity contribution in [3.8, 4) is 17.2 Å². The first-order chi connectivity index (χ1) is 17.3. The van der Waals surface area contributed by atoms with Crippen LogP contribution in [0.1, 0.15) is 23.2 Å². The molecule has 36 heavy (non-hydrogen) atoms. The molecule has 2 amide bonds. The van der Waals surface area contributed by atoms with E-state index < -0.39 is 22.0 Å². The Balaban J connectivity index is 1.46. The van der Waals surface area contributed by atoms with Gasteiger partial charge in [0.05, 0.1) is 12.0 Å². The minimum atomic E-state index is -3.69. The lowest BCUT2D eigenvalue weighted by atomic mass is 9.89. The van der Waals surface area contributed by atoms with Crippen molar-refractivity contribution in [1.29, 1.82) is 0 Å². The standard InChI is InChI=1S/C25H29N3O7S/c1-3-12-26-25(30)23(27-24(29)18-4-9-21-22(15-18)35-16-34-21)17-10-13-28(14-11-17)36(31,32)20-7-5-19(33-2)6-8-20/h3-9,15,17,23H,1,10-14,16H2,2H3,(H,26,30)(H,27,29). The van der Waals surface area contributed by atoms with Crippen LogP contribution in [0.2, 0.25) is 0 Å². The quantitative estimate of drug-likeness (QED) is 0.489. The van der Waals surface area contributed by atoms with Gasteiger partial charge in [0.15, 0.2) is 11.5 Å². The maximum absolute atomic E-state index is 13.1. The van der Waals surface area contributed by atoms with E-state index in [2.05, 4.69) is 17.2 Å². The van der Waals surface area contributed by atoms with E-state index in [-0.39, 0.29) is 43.1 Å². The summed E-state index contributed by atoms with van der Waals surface area (Å²) >= 11 is 0. The average molecular weight is 516 g/mol. The lowest BCUT2D eigenvalue weighted by Gasteiger charge is -2.35. The zero-order valence-electron chi connectivity index (χ0n) is 19.9. The summed E-state index contributed by atoms with van der Waals surface area (Å²) in [5, 5.41) is 5.58. The Morgan fingerprint density at radius 1 is 1.14 bits per heavy atom. The minimum Gasteiger partial charge on any atom is -0.497 e. The topological polar surface area (TPSA) is 123 Å². The normalized spacial score (nSPS) is 16.7. The zero-order valence-corrected chi connectivity index (χ0v) is 20.8. The van der Waals surface area contributed by atoms with Crippen LogP contribution in [0.4, 0.5) is 0 Å². The first-order valence-corrected chi connectivity index (χ1v) is 13.0. The van der Waals surface area contributed by atoms with Gasteiger partial charge in [0.1, 0.15) is 11.8 Å². The van der Waals surface area contributed by atoms with Crippen molar-refractivity contribution in [2.24, 2.45) is 5.92 Å². The molecule has 1 fully saturated rings. The van der Waals surface area contributed by atoms with Crippen LogP contribution in [0.15, 0.2) is 60.0 Å². The summed E-state index contributed by atoms with van der Waals surface area (Å²) in [6, 6.07) is 10.2. The first kappa shape index (κ1) is 25.5. The van der Waals surface area contributed by atoms with Crippen molar-refractivity contribution in [2.75, 3.05) is 33.5 Å². The fourth-order valence-corrected chi connectivity index (χ4v) is 5.76. The summed E-state index contributed by atoms with van der Waals surface area (Å²) < 4.78 is 43.3. The maximum atomic E-state index is 13.1. The average Bonchev–Trinajstić information content (AvgIpc) is 3.38. The molecule has 10 nitrogen and oxygen atoms in total. The molecule has 2 N–H and O–H groups in total. The number of amides is 2. The Kier molecular flexibility index (Phi) is 7.80. The molecule has 2 aromatic carbocycles. The molecule has 0 saturated carbocycles. The van der Waals surface area contributed by atoms with Crippen molar-refractivity contribution in [3.05, 3.63) is 60.7 Å². The number of sulfonamides is 1. The lowest BCUT2D eigenvalue weighted by molar-refractivity contribution is -0.124. The van der Waals surface area contributed by atoms with Gasteiger partial charge in [-0.3, -0.25) is 9.59 Å².